The SMILES string of the molecule is Cn1c(Cl)nc2ccc(N)nc21. The van der Waals surface area contributed by atoms with Gasteiger partial charge in [-0.05, 0) is 23.7 Å². The van der Waals surface area contributed by atoms with E-state index in [1.54, 1.807) is 23.7 Å². The molecule has 0 unspecified atom stereocenters. The van der Waals surface area contributed by atoms with Crippen LogP contribution in [-0.2, 0) is 7.05 Å². The van der Waals surface area contributed by atoms with E-state index in [0.717, 1.165) is 5.52 Å². The summed E-state index contributed by atoms with van der Waals surface area (Å²) in [6, 6.07) is 3.50. The number of pyridine rings is 1. The zero-order valence-corrected chi connectivity index (χ0v) is 7.21. The second kappa shape index (κ2) is 2.35. The van der Waals surface area contributed by atoms with E-state index in [4.69, 9.17) is 17.3 Å². The maximum atomic E-state index is 5.78. The lowest BCUT2D eigenvalue weighted by Crippen LogP contribution is -1.93. The van der Waals surface area contributed by atoms with Gasteiger partial charge in [-0.25, -0.2) is 9.97 Å². The van der Waals surface area contributed by atoms with E-state index in [9.17, 15) is 0 Å². The molecule has 0 atom stereocenters. The minimum atomic E-state index is 0.420. The van der Waals surface area contributed by atoms with Crippen LogP contribution >= 0.6 is 11.6 Å². The summed E-state index contributed by atoms with van der Waals surface area (Å²) >= 11 is 5.78. The fraction of sp³-hybridized carbons (Fsp3) is 0.143. The molecule has 0 fully saturated rings. The smallest absolute Gasteiger partial charge is 0.204 e. The molecule has 0 saturated heterocycles. The first kappa shape index (κ1) is 7.36. The Kier molecular flexibility index (Phi) is 1.44. The van der Waals surface area contributed by atoms with Crippen LogP contribution in [0.25, 0.3) is 11.2 Å². The zero-order valence-electron chi connectivity index (χ0n) is 6.45. The average molecular weight is 183 g/mol. The van der Waals surface area contributed by atoms with Gasteiger partial charge in [-0.2, -0.15) is 0 Å². The summed E-state index contributed by atoms with van der Waals surface area (Å²) in [6.45, 7) is 0. The summed E-state index contributed by atoms with van der Waals surface area (Å²) in [5.41, 5.74) is 6.98. The van der Waals surface area contributed by atoms with Crippen molar-refractivity contribution in [1.29, 1.82) is 0 Å². The van der Waals surface area contributed by atoms with Crippen molar-refractivity contribution in [3.8, 4) is 0 Å². The quantitative estimate of drug-likeness (QED) is 0.666. The highest BCUT2D eigenvalue weighted by Gasteiger charge is 2.05. The number of anilines is 1. The maximum absolute atomic E-state index is 5.78. The summed E-state index contributed by atoms with van der Waals surface area (Å²) in [6.07, 6.45) is 0. The van der Waals surface area contributed by atoms with Crippen LogP contribution in [0.4, 0.5) is 5.82 Å². The number of fused-ring (bicyclic) bond motifs is 1. The van der Waals surface area contributed by atoms with Gasteiger partial charge in [-0.1, -0.05) is 0 Å². The highest BCUT2D eigenvalue weighted by molar-refractivity contribution is 6.29. The average Bonchev–Trinajstić information content (AvgIpc) is 2.31. The van der Waals surface area contributed by atoms with Gasteiger partial charge < -0.3 is 10.3 Å². The highest BCUT2D eigenvalue weighted by atomic mass is 35.5. The minimum Gasteiger partial charge on any atom is -0.384 e. The molecule has 2 rings (SSSR count). The normalized spacial score (nSPS) is 10.8. The fourth-order valence-electron chi connectivity index (χ4n) is 1.05. The van der Waals surface area contributed by atoms with Crippen molar-refractivity contribution in [3.63, 3.8) is 0 Å². The predicted octanol–water partition coefficient (Wildman–Crippen LogP) is 1.20. The summed E-state index contributed by atoms with van der Waals surface area (Å²) in [4.78, 5) is 8.15. The largest absolute Gasteiger partial charge is 0.384 e. The number of aromatic nitrogens is 3. The molecule has 2 N–H and O–H groups in total. The van der Waals surface area contributed by atoms with Gasteiger partial charge in [-0.3, -0.25) is 0 Å². The molecule has 0 bridgehead atoms. The molecule has 4 nitrogen and oxygen atoms in total. The Bertz CT molecular complexity index is 434. The Morgan fingerprint density at radius 2 is 2.17 bits per heavy atom. The van der Waals surface area contributed by atoms with Gasteiger partial charge in [0.2, 0.25) is 5.28 Å². The first-order valence-corrected chi connectivity index (χ1v) is 3.81. The Morgan fingerprint density at radius 1 is 1.42 bits per heavy atom. The molecule has 0 aliphatic carbocycles. The second-order valence-corrected chi connectivity index (χ2v) is 2.86. The molecule has 0 aliphatic rings. The molecule has 0 spiro atoms. The van der Waals surface area contributed by atoms with Crippen LogP contribution < -0.4 is 5.73 Å². The predicted molar refractivity (Wildman–Crippen MR) is 47.9 cm³/mol. The fourth-order valence-corrected chi connectivity index (χ4v) is 1.22. The Labute approximate surface area is 74.0 Å². The van der Waals surface area contributed by atoms with Crippen LogP contribution in [0.1, 0.15) is 0 Å². The Hall–Kier alpha value is -1.29. The van der Waals surface area contributed by atoms with E-state index in [1.165, 1.54) is 0 Å². The first-order valence-electron chi connectivity index (χ1n) is 3.43. The lowest BCUT2D eigenvalue weighted by atomic mass is 10.4. The van der Waals surface area contributed by atoms with Crippen LogP contribution in [0.2, 0.25) is 5.28 Å². The molecule has 0 aromatic carbocycles. The van der Waals surface area contributed by atoms with Gasteiger partial charge in [0.05, 0.1) is 0 Å². The van der Waals surface area contributed by atoms with Gasteiger partial charge >= 0.3 is 0 Å². The van der Waals surface area contributed by atoms with Crippen LogP contribution in [-0.4, -0.2) is 14.5 Å². The lowest BCUT2D eigenvalue weighted by Gasteiger charge is -1.94. The molecule has 2 aromatic heterocycles. The van der Waals surface area contributed by atoms with Gasteiger partial charge in [-0.15, -0.1) is 0 Å². The number of hydrogen-bond donors (Lipinski definition) is 1. The van der Waals surface area contributed by atoms with Crippen LogP contribution in [0.5, 0.6) is 0 Å². The molecule has 0 aliphatic heterocycles. The standard InChI is InChI=1S/C7H7ClN4/c1-12-6-4(10-7(12)8)2-3-5(9)11-6/h2-3H,1H3,(H2,9,11). The number of nitrogens with two attached hydrogens (primary N) is 1. The molecule has 5 heteroatoms. The van der Waals surface area contributed by atoms with Crippen LogP contribution in [0, 0.1) is 0 Å². The number of imidazole rings is 1. The van der Waals surface area contributed by atoms with Gasteiger partial charge in [0.25, 0.3) is 0 Å². The molecule has 2 heterocycles. The van der Waals surface area contributed by atoms with Crippen molar-refractivity contribution >= 4 is 28.6 Å². The summed E-state index contributed by atoms with van der Waals surface area (Å²) in [5.74, 6) is 0.474. The second-order valence-electron chi connectivity index (χ2n) is 2.52. The third-order valence-corrected chi connectivity index (χ3v) is 2.02. The van der Waals surface area contributed by atoms with Crippen molar-refractivity contribution in [2.45, 2.75) is 0 Å². The third kappa shape index (κ3) is 0.921. The van der Waals surface area contributed by atoms with Gasteiger partial charge in [0, 0.05) is 7.05 Å². The van der Waals surface area contributed by atoms with Crippen LogP contribution in [0.15, 0.2) is 12.1 Å². The Balaban J connectivity index is 2.88. The van der Waals surface area contributed by atoms with E-state index in [0.29, 0.717) is 16.7 Å². The lowest BCUT2D eigenvalue weighted by molar-refractivity contribution is 0.933. The summed E-state index contributed by atoms with van der Waals surface area (Å²) in [7, 11) is 1.80. The number of hydrogen-bond acceptors (Lipinski definition) is 3. The van der Waals surface area contributed by atoms with Crippen LogP contribution in [0.3, 0.4) is 0 Å². The highest BCUT2D eigenvalue weighted by Crippen LogP contribution is 2.16. The molecule has 0 radical (unpaired) electrons. The van der Waals surface area contributed by atoms with Gasteiger partial charge in [0.15, 0.2) is 5.65 Å². The molecular formula is C7H7ClN4. The third-order valence-electron chi connectivity index (χ3n) is 1.68. The molecule has 0 saturated carbocycles. The van der Waals surface area contributed by atoms with Gasteiger partial charge in [0.1, 0.15) is 11.3 Å². The van der Waals surface area contributed by atoms with Crippen molar-refractivity contribution in [2.75, 3.05) is 5.73 Å². The molecule has 12 heavy (non-hydrogen) atoms. The topological polar surface area (TPSA) is 56.7 Å². The van der Waals surface area contributed by atoms with Crippen molar-refractivity contribution in [3.05, 3.63) is 17.4 Å². The van der Waals surface area contributed by atoms with E-state index in [2.05, 4.69) is 9.97 Å². The number of halogens is 1. The number of rotatable bonds is 0. The maximum Gasteiger partial charge on any atom is 0.204 e. The minimum absolute atomic E-state index is 0.420. The number of aryl methyl sites for hydroxylation is 1. The van der Waals surface area contributed by atoms with E-state index < -0.39 is 0 Å². The van der Waals surface area contributed by atoms with E-state index in [-0.39, 0.29) is 0 Å². The van der Waals surface area contributed by atoms with Crippen molar-refractivity contribution in [1.82, 2.24) is 14.5 Å². The monoisotopic (exact) mass is 182 g/mol. The number of nitrogens with zero attached hydrogens (tertiary/aromatic N) is 3. The number of nitrogen functional groups attached to an aromatic ring is 1. The van der Waals surface area contributed by atoms with Crippen molar-refractivity contribution < 1.29 is 0 Å². The first-order chi connectivity index (χ1) is 5.68. The Morgan fingerprint density at radius 3 is 2.92 bits per heavy atom. The van der Waals surface area contributed by atoms with E-state index >= 15 is 0 Å². The molecule has 0 amide bonds. The van der Waals surface area contributed by atoms with E-state index in [1.807, 2.05) is 0 Å². The summed E-state index contributed by atoms with van der Waals surface area (Å²) < 4.78 is 1.69. The molecule has 2 aromatic rings. The van der Waals surface area contributed by atoms with Crippen molar-refractivity contribution in [2.24, 2.45) is 7.05 Å². The summed E-state index contributed by atoms with van der Waals surface area (Å²) in [5, 5.41) is 0.420. The molecule has 62 valence electrons. The molecular weight excluding hydrogens is 176 g/mol. The zero-order chi connectivity index (χ0) is 8.72.